The van der Waals surface area contributed by atoms with Gasteiger partial charge in [0.15, 0.2) is 5.82 Å². The lowest BCUT2D eigenvalue weighted by Crippen LogP contribution is -1.88. The fourth-order valence-electron chi connectivity index (χ4n) is 2.22. The second-order valence-corrected chi connectivity index (χ2v) is 5.81. The number of benzene rings is 2. The maximum atomic E-state index is 13.3. The Balaban J connectivity index is 2.07. The summed E-state index contributed by atoms with van der Waals surface area (Å²) in [5.41, 5.74) is 1.78. The van der Waals surface area contributed by atoms with E-state index in [4.69, 9.17) is 11.6 Å². The summed E-state index contributed by atoms with van der Waals surface area (Å²) in [5.74, 6) is 0.458. The number of rotatable bonds is 1. The molecule has 0 spiro atoms. The van der Waals surface area contributed by atoms with Gasteiger partial charge in [0.25, 0.3) is 0 Å². The molecule has 0 fully saturated rings. The predicted octanol–water partition coefficient (Wildman–Crippen LogP) is 4.40. The van der Waals surface area contributed by atoms with Crippen LogP contribution in [0.1, 0.15) is 0 Å². The van der Waals surface area contributed by atoms with E-state index in [-0.39, 0.29) is 5.82 Å². The van der Waals surface area contributed by atoms with Crippen molar-refractivity contribution in [2.45, 2.75) is 0 Å². The molecule has 0 N–H and O–H groups in total. The fourth-order valence-corrected chi connectivity index (χ4v) is 3.40. The normalized spacial score (nSPS) is 11.5. The van der Waals surface area contributed by atoms with Crippen LogP contribution in [0.15, 0.2) is 42.5 Å². The third-order valence-electron chi connectivity index (χ3n) is 3.08. The first-order valence-corrected chi connectivity index (χ1v) is 7.11. The SMILES string of the molecule is Fc1ccc2c(c1)sc1nnc(-c3cccc(Cl)c3)n12. The zero-order valence-corrected chi connectivity index (χ0v) is 11.6. The number of nitrogens with zero attached hydrogens (tertiary/aromatic N) is 3. The highest BCUT2D eigenvalue weighted by atomic mass is 35.5. The van der Waals surface area contributed by atoms with Gasteiger partial charge in [0.2, 0.25) is 4.96 Å². The van der Waals surface area contributed by atoms with E-state index in [9.17, 15) is 4.39 Å². The first kappa shape index (κ1) is 11.8. The van der Waals surface area contributed by atoms with Crippen LogP contribution in [0.25, 0.3) is 26.6 Å². The summed E-state index contributed by atoms with van der Waals surface area (Å²) in [6.45, 7) is 0. The van der Waals surface area contributed by atoms with Crippen molar-refractivity contribution in [1.29, 1.82) is 0 Å². The van der Waals surface area contributed by atoms with Gasteiger partial charge in [-0.25, -0.2) is 4.39 Å². The zero-order valence-electron chi connectivity index (χ0n) is 10.0. The molecule has 0 unspecified atom stereocenters. The molecule has 0 aliphatic carbocycles. The summed E-state index contributed by atoms with van der Waals surface area (Å²) in [7, 11) is 0. The van der Waals surface area contributed by atoms with Gasteiger partial charge in [0.1, 0.15) is 5.82 Å². The summed E-state index contributed by atoms with van der Waals surface area (Å²) in [6, 6.07) is 12.1. The van der Waals surface area contributed by atoms with Crippen LogP contribution in [-0.4, -0.2) is 14.6 Å². The van der Waals surface area contributed by atoms with Gasteiger partial charge in [-0.2, -0.15) is 0 Å². The van der Waals surface area contributed by atoms with Gasteiger partial charge in [-0.15, -0.1) is 10.2 Å². The van der Waals surface area contributed by atoms with E-state index in [1.54, 1.807) is 6.07 Å². The predicted molar refractivity (Wildman–Crippen MR) is 78.8 cm³/mol. The third-order valence-corrected chi connectivity index (χ3v) is 4.31. The van der Waals surface area contributed by atoms with Crippen LogP contribution in [0, 0.1) is 5.82 Å². The van der Waals surface area contributed by atoms with E-state index >= 15 is 0 Å². The average Bonchev–Trinajstić information content (AvgIpc) is 2.96. The molecule has 0 bridgehead atoms. The summed E-state index contributed by atoms with van der Waals surface area (Å²) in [6.07, 6.45) is 0. The Kier molecular flexibility index (Phi) is 2.52. The van der Waals surface area contributed by atoms with Crippen molar-refractivity contribution in [2.75, 3.05) is 0 Å². The number of halogens is 2. The Morgan fingerprint density at radius 3 is 2.85 bits per heavy atom. The molecule has 6 heteroatoms. The van der Waals surface area contributed by atoms with E-state index in [0.29, 0.717) is 10.8 Å². The lowest BCUT2D eigenvalue weighted by atomic mass is 10.2. The topological polar surface area (TPSA) is 30.2 Å². The number of hydrogen-bond donors (Lipinski definition) is 0. The van der Waals surface area contributed by atoms with Gasteiger partial charge in [0.05, 0.1) is 10.2 Å². The van der Waals surface area contributed by atoms with Crippen LogP contribution >= 0.6 is 22.9 Å². The van der Waals surface area contributed by atoms with Crippen LogP contribution in [-0.2, 0) is 0 Å². The van der Waals surface area contributed by atoms with E-state index in [0.717, 1.165) is 20.7 Å². The molecule has 2 aromatic carbocycles. The maximum Gasteiger partial charge on any atom is 0.217 e. The molecule has 98 valence electrons. The van der Waals surface area contributed by atoms with Crippen LogP contribution in [0.5, 0.6) is 0 Å². The molecule has 20 heavy (non-hydrogen) atoms. The fraction of sp³-hybridized carbons (Fsp3) is 0. The molecule has 2 heterocycles. The zero-order chi connectivity index (χ0) is 13.7. The Morgan fingerprint density at radius 2 is 2.00 bits per heavy atom. The summed E-state index contributed by atoms with van der Waals surface area (Å²) in [5, 5.41) is 9.01. The molecular formula is C14H7ClFN3S. The third kappa shape index (κ3) is 1.71. The molecule has 0 aliphatic rings. The first-order valence-electron chi connectivity index (χ1n) is 5.91. The Hall–Kier alpha value is -1.98. The first-order chi connectivity index (χ1) is 9.72. The summed E-state index contributed by atoms with van der Waals surface area (Å²) >= 11 is 7.43. The van der Waals surface area contributed by atoms with Crippen molar-refractivity contribution < 1.29 is 4.39 Å². The minimum atomic E-state index is -0.251. The lowest BCUT2D eigenvalue weighted by Gasteiger charge is -2.00. The molecule has 0 saturated carbocycles. The molecule has 2 aromatic heterocycles. The highest BCUT2D eigenvalue weighted by Gasteiger charge is 2.14. The number of fused-ring (bicyclic) bond motifs is 3. The quantitative estimate of drug-likeness (QED) is 0.521. The van der Waals surface area contributed by atoms with Gasteiger partial charge < -0.3 is 0 Å². The van der Waals surface area contributed by atoms with Gasteiger partial charge in [0, 0.05) is 10.6 Å². The van der Waals surface area contributed by atoms with Crippen molar-refractivity contribution >= 4 is 38.1 Å². The Labute approximate surface area is 122 Å². The second-order valence-electron chi connectivity index (χ2n) is 4.37. The van der Waals surface area contributed by atoms with Crippen LogP contribution in [0.2, 0.25) is 5.02 Å². The van der Waals surface area contributed by atoms with Gasteiger partial charge in [-0.05, 0) is 30.3 Å². The molecule has 0 saturated heterocycles. The van der Waals surface area contributed by atoms with E-state index in [1.165, 1.54) is 23.5 Å². The molecule has 4 aromatic rings. The van der Waals surface area contributed by atoms with E-state index < -0.39 is 0 Å². The second kappa shape index (κ2) is 4.26. The number of thiazole rings is 1. The monoisotopic (exact) mass is 303 g/mol. The average molecular weight is 304 g/mol. The van der Waals surface area contributed by atoms with Crippen molar-refractivity contribution in [3.8, 4) is 11.4 Å². The molecule has 4 rings (SSSR count). The highest BCUT2D eigenvalue weighted by Crippen LogP contribution is 2.31. The van der Waals surface area contributed by atoms with Crippen molar-refractivity contribution in [1.82, 2.24) is 14.6 Å². The van der Waals surface area contributed by atoms with Crippen molar-refractivity contribution in [2.24, 2.45) is 0 Å². The molecule has 0 aliphatic heterocycles. The van der Waals surface area contributed by atoms with Gasteiger partial charge in [-0.3, -0.25) is 4.40 Å². The maximum absolute atomic E-state index is 13.3. The molecule has 3 nitrogen and oxygen atoms in total. The van der Waals surface area contributed by atoms with Crippen molar-refractivity contribution in [3.05, 3.63) is 53.3 Å². The van der Waals surface area contributed by atoms with E-state index in [2.05, 4.69) is 10.2 Å². The van der Waals surface area contributed by atoms with E-state index in [1.807, 2.05) is 28.7 Å². The standard InChI is InChI=1S/C14H7ClFN3S/c15-9-3-1-2-8(6-9)13-17-18-14-19(13)11-5-4-10(16)7-12(11)20-14/h1-7H. The van der Waals surface area contributed by atoms with Gasteiger partial charge in [-0.1, -0.05) is 35.1 Å². The highest BCUT2D eigenvalue weighted by molar-refractivity contribution is 7.23. The number of aromatic nitrogens is 3. The van der Waals surface area contributed by atoms with Crippen molar-refractivity contribution in [3.63, 3.8) is 0 Å². The summed E-state index contributed by atoms with van der Waals surface area (Å²) in [4.78, 5) is 0.737. The van der Waals surface area contributed by atoms with Crippen LogP contribution in [0.3, 0.4) is 0 Å². The largest absolute Gasteiger partial charge is 0.265 e. The Bertz CT molecular complexity index is 944. The Morgan fingerprint density at radius 1 is 1.10 bits per heavy atom. The smallest absolute Gasteiger partial charge is 0.217 e. The molecule has 0 atom stereocenters. The number of hydrogen-bond acceptors (Lipinski definition) is 3. The summed E-state index contributed by atoms with van der Waals surface area (Å²) < 4.78 is 16.1. The molecule has 0 amide bonds. The van der Waals surface area contributed by atoms with Gasteiger partial charge >= 0.3 is 0 Å². The minimum absolute atomic E-state index is 0.251. The van der Waals surface area contributed by atoms with Crippen LogP contribution < -0.4 is 0 Å². The molecular weight excluding hydrogens is 297 g/mol. The molecule has 0 radical (unpaired) electrons. The van der Waals surface area contributed by atoms with Crippen LogP contribution in [0.4, 0.5) is 4.39 Å². The minimum Gasteiger partial charge on any atom is -0.265 e. The lowest BCUT2D eigenvalue weighted by molar-refractivity contribution is 0.630.